The summed E-state index contributed by atoms with van der Waals surface area (Å²) in [5.41, 5.74) is 4.27. The van der Waals surface area contributed by atoms with E-state index < -0.39 is 0 Å². The number of hydrogen-bond acceptors (Lipinski definition) is 1. The van der Waals surface area contributed by atoms with Crippen molar-refractivity contribution in [2.45, 2.75) is 26.7 Å². The van der Waals surface area contributed by atoms with E-state index in [4.69, 9.17) is 0 Å². The zero-order valence-electron chi connectivity index (χ0n) is 12.0. The van der Waals surface area contributed by atoms with Crippen LogP contribution in [0.1, 0.15) is 26.7 Å². The van der Waals surface area contributed by atoms with Gasteiger partial charge in [0, 0.05) is 23.9 Å². The molecule has 102 valence electrons. The summed E-state index contributed by atoms with van der Waals surface area (Å²) in [6.45, 7) is 8.00. The Morgan fingerprint density at radius 3 is 2.75 bits per heavy atom. The molecule has 2 nitrogen and oxygen atoms in total. The lowest BCUT2D eigenvalue weighted by Gasteiger charge is -2.26. The molecule has 2 aromatic rings. The highest BCUT2D eigenvalue weighted by Gasteiger charge is 2.26. The summed E-state index contributed by atoms with van der Waals surface area (Å²) in [5.74, 6) is 0.513. The predicted octanol–water partition coefficient (Wildman–Crippen LogP) is 4.43. The molecule has 0 spiro atoms. The van der Waals surface area contributed by atoms with Gasteiger partial charge < -0.3 is 4.57 Å². The van der Waals surface area contributed by atoms with Crippen molar-refractivity contribution in [3.63, 3.8) is 0 Å². The first-order valence-electron chi connectivity index (χ1n) is 7.02. The number of carbonyl (C=O) groups is 1. The molecule has 1 aliphatic rings. The summed E-state index contributed by atoms with van der Waals surface area (Å²) in [6.07, 6.45) is 3.56. The normalized spacial score (nSPS) is 19.7. The van der Waals surface area contributed by atoms with Crippen molar-refractivity contribution in [3.8, 4) is 0 Å². The Bertz CT molecular complexity index is 733. The predicted molar refractivity (Wildman–Crippen MR) is 83.4 cm³/mol. The minimum atomic E-state index is 0.247. The van der Waals surface area contributed by atoms with Gasteiger partial charge in [0.25, 0.3) is 0 Å². The average Bonchev–Trinajstić information content (AvgIpc) is 2.85. The van der Waals surface area contributed by atoms with Crippen LogP contribution in [0.25, 0.3) is 16.6 Å². The topological polar surface area (TPSA) is 22.0 Å². The van der Waals surface area contributed by atoms with Crippen molar-refractivity contribution in [3.05, 3.63) is 54.3 Å². The minimum Gasteiger partial charge on any atom is -0.320 e. The van der Waals surface area contributed by atoms with Crippen LogP contribution in [0.2, 0.25) is 0 Å². The van der Waals surface area contributed by atoms with Crippen molar-refractivity contribution >= 4 is 22.4 Å². The van der Waals surface area contributed by atoms with E-state index in [0.717, 1.165) is 28.8 Å². The number of ketones is 1. The lowest BCUT2D eigenvalue weighted by molar-refractivity contribution is -0.116. The Morgan fingerprint density at radius 2 is 2.00 bits per heavy atom. The molecular formula is C18H19NO. The molecule has 0 aliphatic heterocycles. The van der Waals surface area contributed by atoms with Crippen molar-refractivity contribution in [2.75, 3.05) is 0 Å². The van der Waals surface area contributed by atoms with Gasteiger partial charge in [-0.2, -0.15) is 0 Å². The molecule has 0 saturated heterocycles. The smallest absolute Gasteiger partial charge is 0.160 e. The second-order valence-electron chi connectivity index (χ2n) is 5.69. The van der Waals surface area contributed by atoms with Crippen LogP contribution in [0, 0.1) is 5.92 Å². The maximum absolute atomic E-state index is 12.2. The Labute approximate surface area is 119 Å². The number of carbonyl (C=O) groups excluding carboxylic acids is 1. The van der Waals surface area contributed by atoms with Gasteiger partial charge in [0.15, 0.2) is 5.78 Å². The highest BCUT2D eigenvalue weighted by Crippen LogP contribution is 2.35. The van der Waals surface area contributed by atoms with Crippen LogP contribution in [-0.2, 0) is 4.79 Å². The van der Waals surface area contributed by atoms with E-state index in [1.54, 1.807) is 0 Å². The molecular weight excluding hydrogens is 246 g/mol. The van der Waals surface area contributed by atoms with Gasteiger partial charge in [-0.3, -0.25) is 4.79 Å². The quantitative estimate of drug-likeness (QED) is 0.736. The molecule has 3 rings (SSSR count). The van der Waals surface area contributed by atoms with Gasteiger partial charge in [-0.05, 0) is 43.7 Å². The van der Waals surface area contributed by atoms with Gasteiger partial charge in [-0.15, -0.1) is 0 Å². The number of allylic oxidation sites excluding steroid dienone is 3. The largest absolute Gasteiger partial charge is 0.320 e. The molecule has 0 radical (unpaired) electrons. The zero-order valence-corrected chi connectivity index (χ0v) is 12.0. The molecule has 1 atom stereocenters. The number of hydrogen-bond donors (Lipinski definition) is 0. The molecule has 1 unspecified atom stereocenters. The first-order chi connectivity index (χ1) is 9.58. The molecule has 0 amide bonds. The van der Waals surface area contributed by atoms with E-state index in [0.29, 0.717) is 6.42 Å². The minimum absolute atomic E-state index is 0.247. The van der Waals surface area contributed by atoms with Crippen LogP contribution >= 0.6 is 0 Å². The zero-order chi connectivity index (χ0) is 14.3. The number of rotatable bonds is 2. The van der Waals surface area contributed by atoms with Crippen LogP contribution < -0.4 is 0 Å². The number of para-hydroxylation sites is 1. The summed E-state index contributed by atoms with van der Waals surface area (Å²) in [4.78, 5) is 12.2. The van der Waals surface area contributed by atoms with E-state index in [2.05, 4.69) is 35.5 Å². The third-order valence-corrected chi connectivity index (χ3v) is 4.31. The second-order valence-corrected chi connectivity index (χ2v) is 5.69. The summed E-state index contributed by atoms with van der Waals surface area (Å²) in [6, 6.07) is 10.4. The molecule has 0 bridgehead atoms. The molecule has 0 fully saturated rings. The first-order valence-corrected chi connectivity index (χ1v) is 7.02. The average molecular weight is 265 g/mol. The van der Waals surface area contributed by atoms with Gasteiger partial charge in [-0.1, -0.05) is 30.4 Å². The molecule has 2 heteroatoms. The fourth-order valence-corrected chi connectivity index (χ4v) is 2.94. The summed E-state index contributed by atoms with van der Waals surface area (Å²) in [7, 11) is 0. The molecule has 1 aromatic heterocycles. The van der Waals surface area contributed by atoms with Crippen molar-refractivity contribution < 1.29 is 4.79 Å². The van der Waals surface area contributed by atoms with Crippen LogP contribution in [0.5, 0.6) is 0 Å². The third-order valence-electron chi connectivity index (χ3n) is 4.31. The molecule has 1 aromatic carbocycles. The van der Waals surface area contributed by atoms with E-state index in [-0.39, 0.29) is 11.7 Å². The van der Waals surface area contributed by atoms with Crippen molar-refractivity contribution in [2.24, 2.45) is 5.92 Å². The molecule has 20 heavy (non-hydrogen) atoms. The number of benzene rings is 1. The van der Waals surface area contributed by atoms with Crippen LogP contribution in [0.3, 0.4) is 0 Å². The lowest BCUT2D eigenvalue weighted by Crippen LogP contribution is -2.20. The van der Waals surface area contributed by atoms with Crippen molar-refractivity contribution in [1.82, 2.24) is 4.57 Å². The second kappa shape index (κ2) is 4.78. The summed E-state index contributed by atoms with van der Waals surface area (Å²) >= 11 is 0. The van der Waals surface area contributed by atoms with Crippen molar-refractivity contribution in [1.29, 1.82) is 0 Å². The fourth-order valence-electron chi connectivity index (χ4n) is 2.94. The Balaban J connectivity index is 2.14. The SMILES string of the molecule is C=C(C)C1CC(=O)C(C)=C(n2ccc3ccccc32)C1. The van der Waals surface area contributed by atoms with E-state index in [9.17, 15) is 4.79 Å². The number of aromatic nitrogens is 1. The van der Waals surface area contributed by atoms with Gasteiger partial charge in [-0.25, -0.2) is 0 Å². The lowest BCUT2D eigenvalue weighted by atomic mass is 9.83. The van der Waals surface area contributed by atoms with E-state index in [1.165, 1.54) is 5.39 Å². The van der Waals surface area contributed by atoms with Crippen LogP contribution in [-0.4, -0.2) is 10.4 Å². The molecule has 1 aliphatic carbocycles. The van der Waals surface area contributed by atoms with Gasteiger partial charge in [0.05, 0.1) is 5.52 Å². The summed E-state index contributed by atoms with van der Waals surface area (Å²) in [5, 5.41) is 1.21. The van der Waals surface area contributed by atoms with Crippen LogP contribution in [0.15, 0.2) is 54.3 Å². The van der Waals surface area contributed by atoms with E-state index >= 15 is 0 Å². The maximum atomic E-state index is 12.2. The highest BCUT2D eigenvalue weighted by molar-refractivity contribution is 6.02. The summed E-state index contributed by atoms with van der Waals surface area (Å²) < 4.78 is 2.16. The number of nitrogens with zero attached hydrogens (tertiary/aromatic N) is 1. The maximum Gasteiger partial charge on any atom is 0.160 e. The fraction of sp³-hybridized carbons (Fsp3) is 0.278. The Morgan fingerprint density at radius 1 is 1.25 bits per heavy atom. The highest BCUT2D eigenvalue weighted by atomic mass is 16.1. The Kier molecular flexibility index (Phi) is 3.09. The number of fused-ring (bicyclic) bond motifs is 1. The molecule has 0 N–H and O–H groups in total. The molecule has 1 heterocycles. The first kappa shape index (κ1) is 12.9. The third kappa shape index (κ3) is 2.01. The molecule has 0 saturated carbocycles. The number of Topliss-reactive ketones (excluding diaryl/α,β-unsaturated/α-hetero) is 1. The Hall–Kier alpha value is -2.09. The van der Waals surface area contributed by atoms with Gasteiger partial charge >= 0.3 is 0 Å². The van der Waals surface area contributed by atoms with E-state index in [1.807, 2.05) is 26.0 Å². The van der Waals surface area contributed by atoms with Gasteiger partial charge in [0.2, 0.25) is 0 Å². The van der Waals surface area contributed by atoms with Crippen LogP contribution in [0.4, 0.5) is 0 Å². The standard InChI is InChI=1S/C18H19NO/c1-12(2)15-10-17(13(3)18(20)11-15)19-9-8-14-6-4-5-7-16(14)19/h4-9,15H,1,10-11H2,2-3H3. The monoisotopic (exact) mass is 265 g/mol. The van der Waals surface area contributed by atoms with Gasteiger partial charge in [0.1, 0.15) is 0 Å².